The fourth-order valence-electron chi connectivity index (χ4n) is 1.58. The molecule has 0 saturated heterocycles. The molecule has 1 rings (SSSR count). The Balaban J connectivity index is 2.72. The Morgan fingerprint density at radius 3 is 2.89 bits per heavy atom. The van der Waals surface area contributed by atoms with E-state index in [1.54, 1.807) is 20.1 Å². The highest BCUT2D eigenvalue weighted by Crippen LogP contribution is 2.19. The smallest absolute Gasteiger partial charge is 0.306 e. The molecular formula is C13H17NO4. The lowest BCUT2D eigenvalue weighted by molar-refractivity contribution is -0.143. The normalized spacial score (nSPS) is 10.6. The topological polar surface area (TPSA) is 68.1 Å². The van der Waals surface area contributed by atoms with E-state index in [1.165, 1.54) is 6.21 Å². The van der Waals surface area contributed by atoms with Crippen LogP contribution in [0, 0.1) is 0 Å². The summed E-state index contributed by atoms with van der Waals surface area (Å²) >= 11 is 0. The van der Waals surface area contributed by atoms with E-state index in [0.717, 1.165) is 5.56 Å². The van der Waals surface area contributed by atoms with Crippen LogP contribution in [0.15, 0.2) is 23.4 Å². The van der Waals surface area contributed by atoms with E-state index in [-0.39, 0.29) is 5.97 Å². The standard InChI is InChI=1S/C13H17NO4/c1-3-18-13(15)7-5-10-4-6-12(17-2)11(8-10)9-14-16/h4,6,8-9,16H,3,5,7H2,1-2H3/b14-9+. The molecule has 0 bridgehead atoms. The van der Waals surface area contributed by atoms with Crippen molar-refractivity contribution in [2.24, 2.45) is 5.16 Å². The minimum Gasteiger partial charge on any atom is -0.496 e. The largest absolute Gasteiger partial charge is 0.496 e. The van der Waals surface area contributed by atoms with Gasteiger partial charge < -0.3 is 14.7 Å². The summed E-state index contributed by atoms with van der Waals surface area (Å²) < 4.78 is 9.98. The fourth-order valence-corrected chi connectivity index (χ4v) is 1.58. The van der Waals surface area contributed by atoms with Crippen molar-refractivity contribution in [2.75, 3.05) is 13.7 Å². The van der Waals surface area contributed by atoms with Gasteiger partial charge in [0.05, 0.1) is 19.9 Å². The van der Waals surface area contributed by atoms with E-state index in [0.29, 0.717) is 30.8 Å². The third kappa shape index (κ3) is 4.08. The number of nitrogens with zero attached hydrogens (tertiary/aromatic N) is 1. The molecule has 0 radical (unpaired) electrons. The van der Waals surface area contributed by atoms with Crippen LogP contribution < -0.4 is 4.74 Å². The van der Waals surface area contributed by atoms with Crippen LogP contribution in [0.1, 0.15) is 24.5 Å². The average molecular weight is 251 g/mol. The Kier molecular flexibility index (Phi) is 5.70. The molecule has 1 N–H and O–H groups in total. The summed E-state index contributed by atoms with van der Waals surface area (Å²) in [6.45, 7) is 2.17. The second-order valence-electron chi connectivity index (χ2n) is 3.63. The van der Waals surface area contributed by atoms with Gasteiger partial charge in [0.1, 0.15) is 5.75 Å². The first kappa shape index (κ1) is 14.0. The van der Waals surface area contributed by atoms with Crippen LogP contribution in [0.4, 0.5) is 0 Å². The molecule has 5 heteroatoms. The molecule has 1 aromatic carbocycles. The van der Waals surface area contributed by atoms with Crippen molar-refractivity contribution >= 4 is 12.2 Å². The summed E-state index contributed by atoms with van der Waals surface area (Å²) in [5.74, 6) is 0.401. The molecule has 0 spiro atoms. The van der Waals surface area contributed by atoms with Crippen molar-refractivity contribution in [2.45, 2.75) is 19.8 Å². The monoisotopic (exact) mass is 251 g/mol. The van der Waals surface area contributed by atoms with Crippen LogP contribution in [0.3, 0.4) is 0 Å². The van der Waals surface area contributed by atoms with Gasteiger partial charge in [0, 0.05) is 12.0 Å². The quantitative estimate of drug-likeness (QED) is 0.363. The third-order valence-electron chi connectivity index (χ3n) is 2.41. The lowest BCUT2D eigenvalue weighted by Crippen LogP contribution is -2.05. The number of methoxy groups -OCH3 is 1. The van der Waals surface area contributed by atoms with Crippen molar-refractivity contribution < 1.29 is 19.5 Å². The Labute approximate surface area is 106 Å². The van der Waals surface area contributed by atoms with Gasteiger partial charge in [0.15, 0.2) is 0 Å². The summed E-state index contributed by atoms with van der Waals surface area (Å²) in [6, 6.07) is 5.46. The van der Waals surface area contributed by atoms with Gasteiger partial charge in [-0.25, -0.2) is 0 Å². The molecule has 0 unspecified atom stereocenters. The summed E-state index contributed by atoms with van der Waals surface area (Å²) in [5, 5.41) is 11.5. The van der Waals surface area contributed by atoms with Gasteiger partial charge >= 0.3 is 5.97 Å². The first-order valence-corrected chi connectivity index (χ1v) is 5.71. The van der Waals surface area contributed by atoms with E-state index in [1.807, 2.05) is 12.1 Å². The highest BCUT2D eigenvalue weighted by atomic mass is 16.5. The minimum absolute atomic E-state index is 0.217. The first-order chi connectivity index (χ1) is 8.71. The molecule has 0 aromatic heterocycles. The predicted octanol–water partition coefficient (Wildman–Crippen LogP) is 2.00. The van der Waals surface area contributed by atoms with Crippen molar-refractivity contribution in [1.82, 2.24) is 0 Å². The van der Waals surface area contributed by atoms with Crippen LogP contribution in [0.2, 0.25) is 0 Å². The van der Waals surface area contributed by atoms with E-state index in [4.69, 9.17) is 14.7 Å². The van der Waals surface area contributed by atoms with Crippen LogP contribution in [0.5, 0.6) is 5.75 Å². The Bertz CT molecular complexity index is 429. The van der Waals surface area contributed by atoms with Crippen LogP contribution in [-0.2, 0) is 16.0 Å². The maximum Gasteiger partial charge on any atom is 0.306 e. The first-order valence-electron chi connectivity index (χ1n) is 5.71. The van der Waals surface area contributed by atoms with Gasteiger partial charge in [-0.2, -0.15) is 0 Å². The SMILES string of the molecule is CCOC(=O)CCc1ccc(OC)c(/C=N/O)c1. The molecule has 0 atom stereocenters. The Hall–Kier alpha value is -2.04. The predicted molar refractivity (Wildman–Crippen MR) is 67.3 cm³/mol. The van der Waals surface area contributed by atoms with E-state index in [2.05, 4.69) is 5.16 Å². The van der Waals surface area contributed by atoms with E-state index < -0.39 is 0 Å². The Morgan fingerprint density at radius 2 is 2.28 bits per heavy atom. The molecule has 18 heavy (non-hydrogen) atoms. The molecule has 0 aliphatic heterocycles. The van der Waals surface area contributed by atoms with Gasteiger partial charge in [0.2, 0.25) is 0 Å². The molecule has 0 aliphatic rings. The van der Waals surface area contributed by atoms with Crippen molar-refractivity contribution in [1.29, 1.82) is 0 Å². The second-order valence-corrected chi connectivity index (χ2v) is 3.63. The number of esters is 1. The lowest BCUT2D eigenvalue weighted by Gasteiger charge is -2.07. The molecule has 0 heterocycles. The highest BCUT2D eigenvalue weighted by Gasteiger charge is 2.06. The molecule has 0 fully saturated rings. The number of aryl methyl sites for hydroxylation is 1. The van der Waals surface area contributed by atoms with Gasteiger partial charge in [-0.05, 0) is 31.0 Å². The van der Waals surface area contributed by atoms with Crippen LogP contribution in [0.25, 0.3) is 0 Å². The number of hydrogen-bond donors (Lipinski definition) is 1. The van der Waals surface area contributed by atoms with Crippen LogP contribution in [-0.4, -0.2) is 31.1 Å². The number of hydrogen-bond acceptors (Lipinski definition) is 5. The zero-order valence-corrected chi connectivity index (χ0v) is 10.5. The molecule has 98 valence electrons. The maximum absolute atomic E-state index is 11.2. The van der Waals surface area contributed by atoms with Crippen molar-refractivity contribution in [3.63, 3.8) is 0 Å². The zero-order chi connectivity index (χ0) is 13.4. The number of oxime groups is 1. The molecule has 0 amide bonds. The molecule has 1 aromatic rings. The van der Waals surface area contributed by atoms with Gasteiger partial charge in [-0.1, -0.05) is 11.2 Å². The summed E-state index contributed by atoms with van der Waals surface area (Å²) in [6.07, 6.45) is 2.21. The lowest BCUT2D eigenvalue weighted by atomic mass is 10.1. The summed E-state index contributed by atoms with van der Waals surface area (Å²) in [7, 11) is 1.54. The number of benzene rings is 1. The van der Waals surface area contributed by atoms with Gasteiger partial charge in [0.25, 0.3) is 0 Å². The summed E-state index contributed by atoms with van der Waals surface area (Å²) in [4.78, 5) is 11.2. The fraction of sp³-hybridized carbons (Fsp3) is 0.385. The maximum atomic E-state index is 11.2. The van der Waals surface area contributed by atoms with Gasteiger partial charge in [-0.3, -0.25) is 4.79 Å². The highest BCUT2D eigenvalue weighted by molar-refractivity contribution is 5.83. The zero-order valence-electron chi connectivity index (χ0n) is 10.5. The molecule has 0 aliphatic carbocycles. The summed E-state index contributed by atoms with van der Waals surface area (Å²) in [5.41, 5.74) is 1.63. The van der Waals surface area contributed by atoms with Gasteiger partial charge in [-0.15, -0.1) is 0 Å². The number of carbonyl (C=O) groups excluding carboxylic acids is 1. The Morgan fingerprint density at radius 1 is 1.50 bits per heavy atom. The molecule has 0 saturated carbocycles. The number of rotatable bonds is 6. The van der Waals surface area contributed by atoms with Crippen LogP contribution >= 0.6 is 0 Å². The third-order valence-corrected chi connectivity index (χ3v) is 2.41. The molecular weight excluding hydrogens is 234 g/mol. The van der Waals surface area contributed by atoms with E-state index in [9.17, 15) is 4.79 Å². The number of carbonyl (C=O) groups is 1. The second kappa shape index (κ2) is 7.32. The minimum atomic E-state index is -0.217. The van der Waals surface area contributed by atoms with E-state index >= 15 is 0 Å². The number of ether oxygens (including phenoxy) is 2. The average Bonchev–Trinajstić information content (AvgIpc) is 2.37. The molecule has 5 nitrogen and oxygen atoms in total. The van der Waals surface area contributed by atoms with Crippen molar-refractivity contribution in [3.8, 4) is 5.75 Å². The van der Waals surface area contributed by atoms with Crippen molar-refractivity contribution in [3.05, 3.63) is 29.3 Å².